The van der Waals surface area contributed by atoms with Crippen LogP contribution in [0.2, 0.25) is 0 Å². The molecule has 3 heterocycles. The van der Waals surface area contributed by atoms with Crippen molar-refractivity contribution in [1.82, 2.24) is 14.9 Å². The molecule has 3 aromatic rings. The van der Waals surface area contributed by atoms with E-state index in [9.17, 15) is 9.59 Å². The second kappa shape index (κ2) is 10.9. The Morgan fingerprint density at radius 3 is 2.36 bits per heavy atom. The zero-order valence-corrected chi connectivity index (χ0v) is 21.2. The highest BCUT2D eigenvalue weighted by Gasteiger charge is 2.20. The Balaban J connectivity index is 1.33. The van der Waals surface area contributed by atoms with Gasteiger partial charge in [-0.25, -0.2) is 4.98 Å². The number of aryl methyl sites for hydroxylation is 1. The van der Waals surface area contributed by atoms with Crippen LogP contribution in [0, 0.1) is 19.8 Å². The maximum absolute atomic E-state index is 13.4. The molecule has 36 heavy (non-hydrogen) atoms. The molecule has 2 fully saturated rings. The average Bonchev–Trinajstić information content (AvgIpc) is 2.92. The largest absolute Gasteiger partial charge is 0.381 e. The number of hydrogen-bond acceptors (Lipinski definition) is 5. The zero-order chi connectivity index (χ0) is 25.1. The van der Waals surface area contributed by atoms with Crippen molar-refractivity contribution in [2.24, 2.45) is 5.92 Å². The molecule has 2 aromatic carbocycles. The van der Waals surface area contributed by atoms with Gasteiger partial charge in [-0.2, -0.15) is 0 Å². The number of carbonyl (C=O) groups excluding carboxylic acids is 1. The first-order chi connectivity index (χ1) is 17.5. The predicted molar refractivity (Wildman–Crippen MR) is 140 cm³/mol. The lowest BCUT2D eigenvalue weighted by Gasteiger charge is -2.24. The van der Waals surface area contributed by atoms with Gasteiger partial charge in [-0.05, 0) is 92.3 Å². The normalized spacial score (nSPS) is 17.4. The maximum atomic E-state index is 13.4. The van der Waals surface area contributed by atoms with E-state index in [1.54, 1.807) is 10.9 Å². The molecule has 2 saturated heterocycles. The molecule has 0 spiro atoms. The van der Waals surface area contributed by atoms with Gasteiger partial charge in [-0.15, -0.1) is 0 Å². The molecule has 0 saturated carbocycles. The van der Waals surface area contributed by atoms with Crippen LogP contribution in [0.25, 0.3) is 10.9 Å². The van der Waals surface area contributed by atoms with E-state index < -0.39 is 0 Å². The highest BCUT2D eigenvalue weighted by Crippen LogP contribution is 2.26. The molecule has 0 atom stereocenters. The van der Waals surface area contributed by atoms with Crippen LogP contribution in [0.1, 0.15) is 64.3 Å². The summed E-state index contributed by atoms with van der Waals surface area (Å²) in [5.41, 5.74) is 5.88. The lowest BCUT2D eigenvalue weighted by atomic mass is 9.94. The number of nitrogens with one attached hydrogen (secondary N) is 1. The van der Waals surface area contributed by atoms with Gasteiger partial charge in [0.2, 0.25) is 0 Å². The second-order valence-corrected chi connectivity index (χ2v) is 10.1. The maximum Gasteiger partial charge on any atom is 0.261 e. The van der Waals surface area contributed by atoms with E-state index >= 15 is 0 Å². The molecular weight excluding hydrogens is 454 g/mol. The third-order valence-corrected chi connectivity index (χ3v) is 7.84. The van der Waals surface area contributed by atoms with Crippen molar-refractivity contribution in [2.75, 3.05) is 33.0 Å². The summed E-state index contributed by atoms with van der Waals surface area (Å²) in [5, 5.41) is 3.74. The highest BCUT2D eigenvalue weighted by molar-refractivity contribution is 5.94. The number of nitrogens with zero attached hydrogens (tertiary/aromatic N) is 2. The van der Waals surface area contributed by atoms with E-state index in [1.807, 2.05) is 37.3 Å². The Morgan fingerprint density at radius 2 is 1.67 bits per heavy atom. The minimum atomic E-state index is -0.0366. The van der Waals surface area contributed by atoms with Crippen molar-refractivity contribution in [2.45, 2.75) is 52.0 Å². The van der Waals surface area contributed by atoms with Gasteiger partial charge in [0.15, 0.2) is 0 Å². The number of aromatic nitrogens is 2. The third kappa shape index (κ3) is 5.22. The summed E-state index contributed by atoms with van der Waals surface area (Å²) in [5.74, 6) is 0.456. The molecule has 190 valence electrons. The summed E-state index contributed by atoms with van der Waals surface area (Å²) in [4.78, 5) is 30.7. The van der Waals surface area contributed by atoms with Crippen LogP contribution in [0.15, 0.2) is 41.5 Å². The van der Waals surface area contributed by atoms with Crippen molar-refractivity contribution in [1.29, 1.82) is 0 Å². The van der Waals surface area contributed by atoms with Gasteiger partial charge < -0.3 is 14.8 Å². The Morgan fingerprint density at radius 1 is 1.00 bits per heavy atom. The fraction of sp³-hybridized carbons (Fsp3) is 0.483. The third-order valence-electron chi connectivity index (χ3n) is 7.84. The number of hydrogen-bond donors (Lipinski definition) is 1. The molecule has 0 radical (unpaired) electrons. The molecule has 7 heteroatoms. The zero-order valence-electron chi connectivity index (χ0n) is 21.2. The lowest BCUT2D eigenvalue weighted by molar-refractivity contribution is 0.0642. The van der Waals surface area contributed by atoms with Crippen LogP contribution in [0.4, 0.5) is 0 Å². The number of benzene rings is 2. The van der Waals surface area contributed by atoms with E-state index in [0.717, 1.165) is 66.7 Å². The van der Waals surface area contributed by atoms with Gasteiger partial charge >= 0.3 is 0 Å². The summed E-state index contributed by atoms with van der Waals surface area (Å²) >= 11 is 0. The van der Waals surface area contributed by atoms with Gasteiger partial charge in [0.1, 0.15) is 0 Å². The van der Waals surface area contributed by atoms with Crippen LogP contribution in [-0.2, 0) is 15.9 Å². The van der Waals surface area contributed by atoms with Gasteiger partial charge in [0.05, 0.1) is 17.2 Å². The summed E-state index contributed by atoms with van der Waals surface area (Å²) in [6.07, 6.45) is 6.06. The first kappa shape index (κ1) is 24.7. The van der Waals surface area contributed by atoms with E-state index in [4.69, 9.17) is 9.47 Å². The molecule has 0 aliphatic carbocycles. The quantitative estimate of drug-likeness (QED) is 0.564. The van der Waals surface area contributed by atoms with Gasteiger partial charge in [-0.3, -0.25) is 14.2 Å². The van der Waals surface area contributed by atoms with Crippen LogP contribution < -0.4 is 10.9 Å². The number of ether oxygens (including phenoxy) is 2. The highest BCUT2D eigenvalue weighted by atomic mass is 16.5. The SMILES string of the molecule is Cc1c(Cc2ccc(C(=O)NCC3CCOCC3)cc2)cc2c(=O)n(C3CCOCC3)cnc2c1C. The standard InChI is InChI=1S/C29H35N3O4/c1-19-20(2)27-26(29(34)32(18-31-27)25-9-13-36-14-10-25)16-24(19)15-21-3-5-23(6-4-21)28(33)30-17-22-7-11-35-12-8-22/h3-6,16,18,22,25H,7-15,17H2,1-2H3,(H,30,33). The average molecular weight is 490 g/mol. The van der Waals surface area contributed by atoms with Crippen LogP contribution in [0.5, 0.6) is 0 Å². The molecule has 1 amide bonds. The minimum absolute atomic E-state index is 0.0211. The molecule has 1 N–H and O–H groups in total. The summed E-state index contributed by atoms with van der Waals surface area (Å²) in [7, 11) is 0. The predicted octanol–water partition coefficient (Wildman–Crippen LogP) is 4.11. The number of rotatable bonds is 6. The number of fused-ring (bicyclic) bond motifs is 1. The fourth-order valence-electron chi connectivity index (χ4n) is 5.30. The molecule has 2 aliphatic heterocycles. The fourth-order valence-corrected chi connectivity index (χ4v) is 5.30. The van der Waals surface area contributed by atoms with E-state index in [1.165, 1.54) is 0 Å². The minimum Gasteiger partial charge on any atom is -0.381 e. The first-order valence-corrected chi connectivity index (χ1v) is 13.0. The lowest BCUT2D eigenvalue weighted by Crippen LogP contribution is -2.32. The van der Waals surface area contributed by atoms with Crippen molar-refractivity contribution in [3.05, 3.63) is 74.8 Å². The Hall–Kier alpha value is -3.03. The van der Waals surface area contributed by atoms with Crippen molar-refractivity contribution >= 4 is 16.8 Å². The Bertz CT molecular complexity index is 1290. The van der Waals surface area contributed by atoms with Crippen LogP contribution in [-0.4, -0.2) is 48.4 Å². The molecule has 0 unspecified atom stereocenters. The monoisotopic (exact) mass is 489 g/mol. The summed E-state index contributed by atoms with van der Waals surface area (Å²) in [6.45, 7) is 7.74. The van der Waals surface area contributed by atoms with Crippen molar-refractivity contribution in [3.63, 3.8) is 0 Å². The first-order valence-electron chi connectivity index (χ1n) is 13.0. The van der Waals surface area contributed by atoms with Crippen molar-refractivity contribution in [3.8, 4) is 0 Å². The van der Waals surface area contributed by atoms with Gasteiger partial charge in [0, 0.05) is 44.6 Å². The Kier molecular flexibility index (Phi) is 7.48. The van der Waals surface area contributed by atoms with E-state index in [2.05, 4.69) is 17.2 Å². The van der Waals surface area contributed by atoms with Gasteiger partial charge in [-0.1, -0.05) is 12.1 Å². The topological polar surface area (TPSA) is 82.5 Å². The molecule has 7 nitrogen and oxygen atoms in total. The molecular formula is C29H35N3O4. The van der Waals surface area contributed by atoms with E-state index in [-0.39, 0.29) is 17.5 Å². The second-order valence-electron chi connectivity index (χ2n) is 10.1. The smallest absolute Gasteiger partial charge is 0.261 e. The molecule has 1 aromatic heterocycles. The van der Waals surface area contributed by atoms with Crippen LogP contribution >= 0.6 is 0 Å². The number of amides is 1. The van der Waals surface area contributed by atoms with Crippen LogP contribution in [0.3, 0.4) is 0 Å². The van der Waals surface area contributed by atoms with Crippen molar-refractivity contribution < 1.29 is 14.3 Å². The van der Waals surface area contributed by atoms with Gasteiger partial charge in [0.25, 0.3) is 11.5 Å². The summed E-state index contributed by atoms with van der Waals surface area (Å²) in [6, 6.07) is 9.93. The molecule has 0 bridgehead atoms. The Labute approximate surface area is 211 Å². The molecule has 5 rings (SSSR count). The number of carbonyl (C=O) groups is 1. The van der Waals surface area contributed by atoms with E-state index in [0.29, 0.717) is 43.0 Å². The molecule has 2 aliphatic rings. The summed E-state index contributed by atoms with van der Waals surface area (Å²) < 4.78 is 12.7.